The normalized spacial score (nSPS) is 33.3. The monoisotopic (exact) mass is 362 g/mol. The Morgan fingerprint density at radius 1 is 1.46 bits per heavy atom. The van der Waals surface area contributed by atoms with E-state index in [1.165, 1.54) is 11.2 Å². The number of alkyl halides is 1. The Morgan fingerprint density at radius 3 is 2.88 bits per heavy atom. The molecule has 0 aromatic carbocycles. The first-order valence-electron chi connectivity index (χ1n) is 9.17. The van der Waals surface area contributed by atoms with Gasteiger partial charge in [-0.3, -0.25) is 9.48 Å². The van der Waals surface area contributed by atoms with E-state index in [2.05, 4.69) is 36.2 Å². The lowest BCUT2D eigenvalue weighted by atomic mass is 9.71. The summed E-state index contributed by atoms with van der Waals surface area (Å²) in [5, 5.41) is 16.8. The van der Waals surface area contributed by atoms with E-state index in [-0.39, 0.29) is 36.4 Å². The summed E-state index contributed by atoms with van der Waals surface area (Å²) in [7, 11) is 0. The summed E-state index contributed by atoms with van der Waals surface area (Å²) in [6.07, 6.45) is 4.25. The van der Waals surface area contributed by atoms with Gasteiger partial charge in [0.2, 0.25) is 5.91 Å². The van der Waals surface area contributed by atoms with Gasteiger partial charge in [-0.15, -0.1) is 0 Å². The van der Waals surface area contributed by atoms with Crippen molar-refractivity contribution < 1.29 is 9.18 Å². The summed E-state index contributed by atoms with van der Waals surface area (Å²) < 4.78 is 15.4. The standard InChI is InChI=1S/C18H27FN6O/c1-17(2)13(9-24-12-21-11-23-24)4-5-18(17,3)22-8-16(26)25-10-14(19)6-15(25)7-20/h11-15,22H,4-6,8-10H2,1-3H3/t13-,14-,15+,18-/m1/s1. The number of nitrogens with one attached hydrogen (secondary N) is 1. The van der Waals surface area contributed by atoms with Crippen molar-refractivity contribution in [3.8, 4) is 6.07 Å². The average Bonchev–Trinajstić information content (AvgIpc) is 3.29. The molecule has 1 saturated heterocycles. The van der Waals surface area contributed by atoms with Gasteiger partial charge in [-0.2, -0.15) is 10.4 Å². The van der Waals surface area contributed by atoms with Gasteiger partial charge in [0, 0.05) is 18.5 Å². The highest BCUT2D eigenvalue weighted by molar-refractivity contribution is 5.79. The number of hydrogen-bond donors (Lipinski definition) is 1. The van der Waals surface area contributed by atoms with E-state index < -0.39 is 12.2 Å². The Morgan fingerprint density at radius 2 is 2.23 bits per heavy atom. The van der Waals surface area contributed by atoms with Crippen molar-refractivity contribution in [3.63, 3.8) is 0 Å². The van der Waals surface area contributed by atoms with Crippen molar-refractivity contribution in [2.45, 2.75) is 64.3 Å². The van der Waals surface area contributed by atoms with Crippen molar-refractivity contribution in [1.29, 1.82) is 5.26 Å². The van der Waals surface area contributed by atoms with Crippen LogP contribution in [0.5, 0.6) is 0 Å². The van der Waals surface area contributed by atoms with Crippen LogP contribution >= 0.6 is 0 Å². The van der Waals surface area contributed by atoms with Gasteiger partial charge in [-0.05, 0) is 31.1 Å². The van der Waals surface area contributed by atoms with Gasteiger partial charge in [0.15, 0.2) is 0 Å². The molecule has 26 heavy (non-hydrogen) atoms. The minimum absolute atomic E-state index is 0.0216. The molecule has 8 heteroatoms. The van der Waals surface area contributed by atoms with Crippen molar-refractivity contribution in [1.82, 2.24) is 25.0 Å². The SMILES string of the molecule is CC1(C)[C@@H](Cn2cncn2)CC[C@@]1(C)NCC(=O)N1C[C@H](F)C[C@H]1C#N. The molecule has 0 radical (unpaired) electrons. The second-order valence-corrected chi connectivity index (χ2v) is 8.28. The predicted molar refractivity (Wildman–Crippen MR) is 93.6 cm³/mol. The number of nitriles is 1. The molecule has 4 atom stereocenters. The lowest BCUT2D eigenvalue weighted by Gasteiger charge is -2.42. The third kappa shape index (κ3) is 3.32. The largest absolute Gasteiger partial charge is 0.323 e. The van der Waals surface area contributed by atoms with Gasteiger partial charge in [-0.1, -0.05) is 13.8 Å². The van der Waals surface area contributed by atoms with Crippen molar-refractivity contribution in [2.75, 3.05) is 13.1 Å². The van der Waals surface area contributed by atoms with Crippen LogP contribution in [0.3, 0.4) is 0 Å². The van der Waals surface area contributed by atoms with Crippen molar-refractivity contribution >= 4 is 5.91 Å². The molecule has 1 saturated carbocycles. The van der Waals surface area contributed by atoms with E-state index in [9.17, 15) is 9.18 Å². The van der Waals surface area contributed by atoms with E-state index in [1.807, 2.05) is 10.8 Å². The Labute approximate surface area is 153 Å². The molecule has 1 aromatic heterocycles. The summed E-state index contributed by atoms with van der Waals surface area (Å²) in [5.74, 6) is 0.208. The fourth-order valence-electron chi connectivity index (χ4n) is 4.34. The highest BCUT2D eigenvalue weighted by atomic mass is 19.1. The average molecular weight is 362 g/mol. The number of halogens is 1. The van der Waals surface area contributed by atoms with Crippen LogP contribution in [-0.2, 0) is 11.3 Å². The summed E-state index contributed by atoms with van der Waals surface area (Å²) in [6.45, 7) is 7.51. The maximum absolute atomic E-state index is 13.6. The molecule has 2 heterocycles. The number of nitrogens with zero attached hydrogens (tertiary/aromatic N) is 5. The zero-order chi connectivity index (χ0) is 18.9. The molecule has 1 aliphatic heterocycles. The Hall–Kier alpha value is -2.01. The first-order chi connectivity index (χ1) is 12.3. The fraction of sp³-hybridized carbons (Fsp3) is 0.778. The maximum Gasteiger partial charge on any atom is 0.237 e. The van der Waals surface area contributed by atoms with Crippen LogP contribution in [-0.4, -0.2) is 56.4 Å². The number of hydrogen-bond acceptors (Lipinski definition) is 5. The van der Waals surface area contributed by atoms with Gasteiger partial charge < -0.3 is 10.2 Å². The molecule has 0 spiro atoms. The molecule has 1 N–H and O–H groups in total. The fourth-order valence-corrected chi connectivity index (χ4v) is 4.34. The number of carbonyl (C=O) groups is 1. The summed E-state index contributed by atoms with van der Waals surface area (Å²) in [4.78, 5) is 17.9. The summed E-state index contributed by atoms with van der Waals surface area (Å²) >= 11 is 0. The van der Waals surface area contributed by atoms with E-state index in [1.54, 1.807) is 6.33 Å². The van der Waals surface area contributed by atoms with Gasteiger partial charge in [0.25, 0.3) is 0 Å². The first kappa shape index (κ1) is 18.8. The van der Waals surface area contributed by atoms with Crippen LogP contribution in [0.15, 0.2) is 12.7 Å². The topological polar surface area (TPSA) is 86.8 Å². The Bertz CT molecular complexity index is 684. The lowest BCUT2D eigenvalue weighted by molar-refractivity contribution is -0.131. The zero-order valence-corrected chi connectivity index (χ0v) is 15.7. The molecule has 2 aliphatic rings. The number of aromatic nitrogens is 3. The number of carbonyl (C=O) groups excluding carboxylic acids is 1. The van der Waals surface area contributed by atoms with Gasteiger partial charge in [-0.25, -0.2) is 9.37 Å². The highest BCUT2D eigenvalue weighted by Gasteiger charge is 2.51. The van der Waals surface area contributed by atoms with Crippen LogP contribution in [0.2, 0.25) is 0 Å². The van der Waals surface area contributed by atoms with E-state index >= 15 is 0 Å². The third-order valence-corrected chi connectivity index (χ3v) is 6.66. The molecular weight excluding hydrogens is 335 g/mol. The van der Waals surface area contributed by atoms with Crippen molar-refractivity contribution in [2.24, 2.45) is 11.3 Å². The highest BCUT2D eigenvalue weighted by Crippen LogP contribution is 2.50. The Balaban J connectivity index is 1.62. The molecule has 1 amide bonds. The second kappa shape index (κ2) is 6.95. The molecule has 7 nitrogen and oxygen atoms in total. The minimum atomic E-state index is -1.10. The zero-order valence-electron chi connectivity index (χ0n) is 15.7. The van der Waals surface area contributed by atoms with Crippen LogP contribution < -0.4 is 5.32 Å². The molecule has 0 bridgehead atoms. The molecule has 0 unspecified atom stereocenters. The van der Waals surface area contributed by atoms with E-state index in [0.29, 0.717) is 5.92 Å². The predicted octanol–water partition coefficient (Wildman–Crippen LogP) is 1.53. The molecule has 142 valence electrons. The molecule has 1 aromatic rings. The summed E-state index contributed by atoms with van der Waals surface area (Å²) in [6, 6.07) is 1.38. The Kier molecular flexibility index (Phi) is 5.02. The van der Waals surface area contributed by atoms with Gasteiger partial charge in [0.05, 0.1) is 19.2 Å². The summed E-state index contributed by atoms with van der Waals surface area (Å²) in [5.41, 5.74) is -0.271. The number of likely N-dealkylation sites (tertiary alicyclic amines) is 1. The number of amides is 1. The molecular formula is C18H27FN6O. The smallest absolute Gasteiger partial charge is 0.237 e. The van der Waals surface area contributed by atoms with E-state index in [0.717, 1.165) is 19.4 Å². The van der Waals surface area contributed by atoms with Crippen molar-refractivity contribution in [3.05, 3.63) is 12.7 Å². The van der Waals surface area contributed by atoms with Crippen LogP contribution in [0.1, 0.15) is 40.0 Å². The van der Waals surface area contributed by atoms with Crippen LogP contribution in [0.4, 0.5) is 4.39 Å². The van der Waals surface area contributed by atoms with Crippen LogP contribution in [0.25, 0.3) is 0 Å². The second-order valence-electron chi connectivity index (χ2n) is 8.28. The van der Waals surface area contributed by atoms with E-state index in [4.69, 9.17) is 5.26 Å². The molecule has 3 rings (SSSR count). The number of rotatable bonds is 5. The minimum Gasteiger partial charge on any atom is -0.323 e. The maximum atomic E-state index is 13.6. The lowest BCUT2D eigenvalue weighted by Crippen LogP contribution is -2.55. The van der Waals surface area contributed by atoms with Gasteiger partial charge in [0.1, 0.15) is 24.9 Å². The third-order valence-electron chi connectivity index (χ3n) is 6.66. The first-order valence-corrected chi connectivity index (χ1v) is 9.17. The quantitative estimate of drug-likeness (QED) is 0.858. The van der Waals surface area contributed by atoms with Crippen LogP contribution in [0, 0.1) is 22.7 Å². The molecule has 1 aliphatic carbocycles. The molecule has 2 fully saturated rings. The van der Waals surface area contributed by atoms with Gasteiger partial charge >= 0.3 is 0 Å².